The minimum absolute atomic E-state index is 0.141. The smallest absolute Gasteiger partial charge is 0.0335 e. The normalized spacial score (nSPS) is 25.5. The van der Waals surface area contributed by atoms with Crippen LogP contribution in [0.4, 0.5) is 0 Å². The molecule has 1 aliphatic rings. The van der Waals surface area contributed by atoms with E-state index in [1.807, 2.05) is 0 Å². The van der Waals surface area contributed by atoms with Crippen molar-refractivity contribution in [2.24, 2.45) is 23.0 Å². The fourth-order valence-electron chi connectivity index (χ4n) is 3.37. The molecule has 0 spiro atoms. The summed E-state index contributed by atoms with van der Waals surface area (Å²) in [5.41, 5.74) is 8.21. The SMILES string of the molecule is CC(C)(C)C1CCC(C(N)c2cc(Br)ccc2Br)CC1. The lowest BCUT2D eigenvalue weighted by atomic mass is 9.68. The molecular weight excluding hydrogens is 378 g/mol. The van der Waals surface area contributed by atoms with Gasteiger partial charge in [0.2, 0.25) is 0 Å². The minimum atomic E-state index is 0.141. The largest absolute Gasteiger partial charge is 0.324 e. The number of halogens is 2. The van der Waals surface area contributed by atoms with Crippen molar-refractivity contribution in [1.29, 1.82) is 0 Å². The van der Waals surface area contributed by atoms with Crippen LogP contribution in [0.1, 0.15) is 58.1 Å². The lowest BCUT2D eigenvalue weighted by Gasteiger charge is -2.39. The molecule has 1 unspecified atom stereocenters. The molecule has 3 heteroatoms. The van der Waals surface area contributed by atoms with Gasteiger partial charge in [0, 0.05) is 15.0 Å². The Hall–Kier alpha value is 0.140. The quantitative estimate of drug-likeness (QED) is 0.638. The summed E-state index contributed by atoms with van der Waals surface area (Å²) in [5, 5.41) is 0. The number of hydrogen-bond acceptors (Lipinski definition) is 1. The van der Waals surface area contributed by atoms with Gasteiger partial charge in [0.25, 0.3) is 0 Å². The molecule has 1 aliphatic carbocycles. The first-order valence-electron chi connectivity index (χ1n) is 7.49. The Bertz CT molecular complexity index is 457. The number of rotatable bonds is 2. The molecule has 20 heavy (non-hydrogen) atoms. The van der Waals surface area contributed by atoms with Gasteiger partial charge in [-0.25, -0.2) is 0 Å². The van der Waals surface area contributed by atoms with Crippen molar-refractivity contribution in [2.75, 3.05) is 0 Å². The fraction of sp³-hybridized carbons (Fsp3) is 0.647. The van der Waals surface area contributed by atoms with Crippen molar-refractivity contribution in [3.63, 3.8) is 0 Å². The summed E-state index contributed by atoms with van der Waals surface area (Å²) in [4.78, 5) is 0. The second kappa shape index (κ2) is 6.50. The summed E-state index contributed by atoms with van der Waals surface area (Å²) in [6.45, 7) is 7.09. The molecule has 2 N–H and O–H groups in total. The fourth-order valence-corrected chi connectivity index (χ4v) is 4.26. The number of hydrogen-bond donors (Lipinski definition) is 1. The number of benzene rings is 1. The van der Waals surface area contributed by atoms with Crippen molar-refractivity contribution in [2.45, 2.75) is 52.5 Å². The van der Waals surface area contributed by atoms with Crippen LogP contribution in [0.5, 0.6) is 0 Å². The Balaban J connectivity index is 2.05. The first kappa shape index (κ1) is 16.5. The molecule has 0 aliphatic heterocycles. The second-order valence-corrected chi connectivity index (χ2v) is 8.94. The predicted octanol–water partition coefficient (Wildman–Crippen LogP) is 6.06. The molecule has 1 aromatic rings. The lowest BCUT2D eigenvalue weighted by molar-refractivity contribution is 0.139. The zero-order valence-corrected chi connectivity index (χ0v) is 15.8. The second-order valence-electron chi connectivity index (χ2n) is 7.17. The van der Waals surface area contributed by atoms with Gasteiger partial charge in [0.1, 0.15) is 0 Å². The Labute approximate surface area is 140 Å². The van der Waals surface area contributed by atoms with Gasteiger partial charge >= 0.3 is 0 Å². The van der Waals surface area contributed by atoms with E-state index in [2.05, 4.69) is 70.8 Å². The molecule has 1 nitrogen and oxygen atoms in total. The molecule has 1 saturated carbocycles. The molecule has 112 valence electrons. The third-order valence-electron chi connectivity index (χ3n) is 4.82. The predicted molar refractivity (Wildman–Crippen MR) is 93.7 cm³/mol. The zero-order chi connectivity index (χ0) is 14.9. The third kappa shape index (κ3) is 3.86. The molecular formula is C17H25Br2N. The molecule has 2 rings (SSSR count). The van der Waals surface area contributed by atoms with E-state index in [9.17, 15) is 0 Å². The van der Waals surface area contributed by atoms with Crippen molar-refractivity contribution in [3.8, 4) is 0 Å². The maximum absolute atomic E-state index is 6.54. The van der Waals surface area contributed by atoms with Gasteiger partial charge < -0.3 is 5.73 Å². The van der Waals surface area contributed by atoms with Crippen LogP contribution >= 0.6 is 31.9 Å². The Morgan fingerprint density at radius 1 is 1.10 bits per heavy atom. The van der Waals surface area contributed by atoms with Crippen LogP contribution < -0.4 is 5.73 Å². The van der Waals surface area contributed by atoms with Crippen molar-refractivity contribution < 1.29 is 0 Å². The molecule has 0 radical (unpaired) electrons. The lowest BCUT2D eigenvalue weighted by Crippen LogP contribution is -2.30. The van der Waals surface area contributed by atoms with Crippen LogP contribution in [-0.2, 0) is 0 Å². The van der Waals surface area contributed by atoms with Gasteiger partial charge in [0.05, 0.1) is 0 Å². The van der Waals surface area contributed by atoms with Crippen molar-refractivity contribution in [3.05, 3.63) is 32.7 Å². The first-order chi connectivity index (χ1) is 9.29. The van der Waals surface area contributed by atoms with Gasteiger partial charge in [-0.05, 0) is 66.7 Å². The standard InChI is InChI=1S/C17H25Br2N/c1-17(2,3)12-6-4-11(5-7-12)16(20)14-10-13(18)8-9-15(14)19/h8-12,16H,4-7,20H2,1-3H3. The van der Waals surface area contributed by atoms with Crippen LogP contribution in [0.25, 0.3) is 0 Å². The highest BCUT2D eigenvalue weighted by Crippen LogP contribution is 2.43. The zero-order valence-electron chi connectivity index (χ0n) is 12.6. The van der Waals surface area contributed by atoms with Gasteiger partial charge in [-0.3, -0.25) is 0 Å². The van der Waals surface area contributed by atoms with Crippen molar-refractivity contribution in [1.82, 2.24) is 0 Å². The van der Waals surface area contributed by atoms with E-state index in [4.69, 9.17) is 5.73 Å². The molecule has 0 heterocycles. The molecule has 0 bridgehead atoms. The average Bonchev–Trinajstić information content (AvgIpc) is 2.40. The highest BCUT2D eigenvalue weighted by atomic mass is 79.9. The summed E-state index contributed by atoms with van der Waals surface area (Å²) in [6, 6.07) is 6.43. The van der Waals surface area contributed by atoms with Crippen LogP contribution in [-0.4, -0.2) is 0 Å². The monoisotopic (exact) mass is 401 g/mol. The molecule has 0 aromatic heterocycles. The van der Waals surface area contributed by atoms with E-state index >= 15 is 0 Å². The van der Waals surface area contributed by atoms with Crippen LogP contribution in [0, 0.1) is 17.3 Å². The Morgan fingerprint density at radius 3 is 2.25 bits per heavy atom. The van der Waals surface area contributed by atoms with Gasteiger partial charge in [-0.15, -0.1) is 0 Å². The molecule has 1 aromatic carbocycles. The highest BCUT2D eigenvalue weighted by molar-refractivity contribution is 9.11. The van der Waals surface area contributed by atoms with E-state index in [1.165, 1.54) is 31.2 Å². The maximum atomic E-state index is 6.54. The van der Waals surface area contributed by atoms with E-state index in [1.54, 1.807) is 0 Å². The summed E-state index contributed by atoms with van der Waals surface area (Å²) < 4.78 is 2.24. The topological polar surface area (TPSA) is 26.0 Å². The molecule has 1 fully saturated rings. The van der Waals surface area contributed by atoms with Crippen LogP contribution in [0.3, 0.4) is 0 Å². The third-order valence-corrected chi connectivity index (χ3v) is 6.04. The minimum Gasteiger partial charge on any atom is -0.324 e. The summed E-state index contributed by atoms with van der Waals surface area (Å²) in [7, 11) is 0. The van der Waals surface area contributed by atoms with Gasteiger partial charge in [-0.2, -0.15) is 0 Å². The average molecular weight is 403 g/mol. The van der Waals surface area contributed by atoms with Gasteiger partial charge in [0.15, 0.2) is 0 Å². The molecule has 1 atom stereocenters. The highest BCUT2D eigenvalue weighted by Gasteiger charge is 2.32. The summed E-state index contributed by atoms with van der Waals surface area (Å²) >= 11 is 7.19. The van der Waals surface area contributed by atoms with E-state index < -0.39 is 0 Å². The molecule has 0 saturated heterocycles. The van der Waals surface area contributed by atoms with Gasteiger partial charge in [-0.1, -0.05) is 52.6 Å². The Morgan fingerprint density at radius 2 is 1.70 bits per heavy atom. The Kier molecular flexibility index (Phi) is 5.36. The summed E-state index contributed by atoms with van der Waals surface area (Å²) in [5.74, 6) is 1.45. The van der Waals surface area contributed by atoms with E-state index in [0.29, 0.717) is 11.3 Å². The van der Waals surface area contributed by atoms with Crippen molar-refractivity contribution >= 4 is 31.9 Å². The first-order valence-corrected chi connectivity index (χ1v) is 9.08. The van der Waals surface area contributed by atoms with E-state index in [-0.39, 0.29) is 6.04 Å². The number of nitrogens with two attached hydrogens (primary N) is 1. The van der Waals surface area contributed by atoms with Crippen LogP contribution in [0.2, 0.25) is 0 Å². The molecule has 0 amide bonds. The van der Waals surface area contributed by atoms with E-state index in [0.717, 1.165) is 14.9 Å². The summed E-state index contributed by atoms with van der Waals surface area (Å²) in [6.07, 6.45) is 5.13. The maximum Gasteiger partial charge on any atom is 0.0335 e. The van der Waals surface area contributed by atoms with Crippen LogP contribution in [0.15, 0.2) is 27.1 Å².